The fraction of sp³-hybridized carbons (Fsp3) is 0.333. The summed E-state index contributed by atoms with van der Waals surface area (Å²) in [7, 11) is -2.84. The Balaban J connectivity index is 2.20. The maximum atomic E-state index is 5.91. The summed E-state index contributed by atoms with van der Waals surface area (Å²) in [5.74, 6) is 1.58. The van der Waals surface area contributed by atoms with Gasteiger partial charge in [-0.15, -0.1) is 0 Å². The van der Waals surface area contributed by atoms with Gasteiger partial charge in [-0.05, 0) is 45.0 Å². The average molecular weight is 332 g/mol. The maximum Gasteiger partial charge on any atom is 0.537 e. The van der Waals surface area contributed by atoms with Crippen molar-refractivity contribution >= 4 is 14.0 Å². The molecule has 23 heavy (non-hydrogen) atoms. The van der Waals surface area contributed by atoms with Crippen LogP contribution in [0.4, 0.5) is 0 Å². The molecule has 0 saturated heterocycles. The van der Waals surface area contributed by atoms with E-state index in [1.807, 2.05) is 75.4 Å². The molecule has 124 valence electrons. The minimum absolute atomic E-state index is 0.550. The summed E-state index contributed by atoms with van der Waals surface area (Å²) in [6.45, 7) is 7.50. The molecule has 0 saturated carbocycles. The zero-order valence-corrected chi connectivity index (χ0v) is 15.0. The van der Waals surface area contributed by atoms with E-state index in [0.717, 1.165) is 16.7 Å². The molecule has 0 atom stereocenters. The van der Waals surface area contributed by atoms with Crippen LogP contribution in [0.1, 0.15) is 20.8 Å². The van der Waals surface area contributed by atoms with Crippen LogP contribution in [0, 0.1) is 0 Å². The largest absolute Gasteiger partial charge is 0.537 e. The molecule has 0 heterocycles. The lowest BCUT2D eigenvalue weighted by atomic mass is 10.3. The van der Waals surface area contributed by atoms with Crippen LogP contribution in [-0.4, -0.2) is 28.6 Å². The molecule has 0 spiro atoms. The van der Waals surface area contributed by atoms with Crippen LogP contribution < -0.4 is 9.92 Å². The minimum atomic E-state index is -2.84. The molecule has 0 N–H and O–H groups in total. The highest BCUT2D eigenvalue weighted by molar-refractivity contribution is 6.75. The van der Waals surface area contributed by atoms with Crippen LogP contribution >= 0.6 is 0 Å². The van der Waals surface area contributed by atoms with E-state index in [9.17, 15) is 0 Å². The number of hydrogen-bond acceptors (Lipinski definition) is 4. The van der Waals surface area contributed by atoms with Gasteiger partial charge in [0.15, 0.2) is 0 Å². The number of para-hydroxylation sites is 1. The average Bonchev–Trinajstić information content (AvgIpc) is 2.57. The van der Waals surface area contributed by atoms with Crippen LogP contribution in [-0.2, 0) is 13.3 Å². The third-order valence-corrected chi connectivity index (χ3v) is 6.24. The molecule has 2 aromatic carbocycles. The lowest BCUT2D eigenvalue weighted by molar-refractivity contribution is 0.0859. The summed E-state index contributed by atoms with van der Waals surface area (Å²) in [5.41, 5.74) is 0. The van der Waals surface area contributed by atoms with E-state index >= 15 is 0 Å². The van der Waals surface area contributed by atoms with Gasteiger partial charge in [-0.3, -0.25) is 0 Å². The Hall–Kier alpha value is -1.66. The van der Waals surface area contributed by atoms with Crippen molar-refractivity contribution in [2.45, 2.75) is 20.8 Å². The monoisotopic (exact) mass is 332 g/mol. The standard InChI is InChI=1S/C18H24O4Si/c1-4-19-23(20-5-2,21-6-3)18-14-12-17(13-15-18)22-16-10-8-7-9-11-16/h7-15H,4-6H2,1-3H3. The molecule has 2 aromatic rings. The van der Waals surface area contributed by atoms with E-state index in [4.69, 9.17) is 18.0 Å². The minimum Gasteiger partial charge on any atom is -0.457 e. The van der Waals surface area contributed by atoms with Crippen molar-refractivity contribution in [1.82, 2.24) is 0 Å². The molecule has 0 aliphatic rings. The quantitative estimate of drug-likeness (QED) is 0.656. The maximum absolute atomic E-state index is 5.91. The van der Waals surface area contributed by atoms with Gasteiger partial charge in [-0.2, -0.15) is 0 Å². The highest BCUT2D eigenvalue weighted by Gasteiger charge is 2.43. The lowest BCUT2D eigenvalue weighted by Gasteiger charge is -2.28. The van der Waals surface area contributed by atoms with Gasteiger partial charge in [0.25, 0.3) is 0 Å². The molecule has 0 aliphatic heterocycles. The van der Waals surface area contributed by atoms with Gasteiger partial charge in [0, 0.05) is 25.0 Å². The zero-order chi connectivity index (χ0) is 16.5. The second kappa shape index (κ2) is 8.84. The number of hydrogen-bond donors (Lipinski definition) is 0. The topological polar surface area (TPSA) is 36.9 Å². The van der Waals surface area contributed by atoms with Crippen molar-refractivity contribution in [1.29, 1.82) is 0 Å². The molecule has 0 amide bonds. The predicted octanol–water partition coefficient (Wildman–Crippen LogP) is 3.73. The van der Waals surface area contributed by atoms with E-state index < -0.39 is 8.80 Å². The van der Waals surface area contributed by atoms with Crippen LogP contribution in [0.3, 0.4) is 0 Å². The molecule has 0 aromatic heterocycles. The summed E-state index contributed by atoms with van der Waals surface area (Å²) in [6, 6.07) is 17.5. The van der Waals surface area contributed by atoms with Crippen molar-refractivity contribution in [3.63, 3.8) is 0 Å². The fourth-order valence-corrected chi connectivity index (χ4v) is 4.76. The second-order valence-electron chi connectivity index (χ2n) is 4.79. The molecule has 4 nitrogen and oxygen atoms in total. The lowest BCUT2D eigenvalue weighted by Crippen LogP contribution is -2.56. The Morgan fingerprint density at radius 1 is 0.652 bits per heavy atom. The molecular formula is C18H24O4Si. The van der Waals surface area contributed by atoms with Gasteiger partial charge in [0.05, 0.1) is 0 Å². The Labute approximate surface area is 139 Å². The van der Waals surface area contributed by atoms with Gasteiger partial charge in [0.2, 0.25) is 0 Å². The van der Waals surface area contributed by atoms with Gasteiger partial charge < -0.3 is 18.0 Å². The first-order chi connectivity index (χ1) is 11.2. The van der Waals surface area contributed by atoms with E-state index in [2.05, 4.69) is 0 Å². The Morgan fingerprint density at radius 2 is 1.13 bits per heavy atom. The van der Waals surface area contributed by atoms with Crippen LogP contribution in [0.25, 0.3) is 0 Å². The van der Waals surface area contributed by atoms with Gasteiger partial charge in [-0.1, -0.05) is 30.3 Å². The van der Waals surface area contributed by atoms with Gasteiger partial charge in [-0.25, -0.2) is 0 Å². The van der Waals surface area contributed by atoms with Crippen LogP contribution in [0.2, 0.25) is 0 Å². The number of benzene rings is 2. The van der Waals surface area contributed by atoms with Crippen molar-refractivity contribution in [2.75, 3.05) is 19.8 Å². The van der Waals surface area contributed by atoms with Gasteiger partial charge >= 0.3 is 8.80 Å². The second-order valence-corrected chi connectivity index (χ2v) is 7.35. The third kappa shape index (κ3) is 4.65. The molecule has 0 fully saturated rings. The molecule has 0 aliphatic carbocycles. The summed E-state index contributed by atoms with van der Waals surface area (Å²) in [5, 5.41) is 0.948. The number of ether oxygens (including phenoxy) is 1. The molecule has 2 rings (SSSR count). The van der Waals surface area contributed by atoms with Crippen LogP contribution in [0.5, 0.6) is 11.5 Å². The SMILES string of the molecule is CCO[Si](OCC)(OCC)c1ccc(Oc2ccccc2)cc1. The van der Waals surface area contributed by atoms with Gasteiger partial charge in [0.1, 0.15) is 11.5 Å². The summed E-state index contributed by atoms with van der Waals surface area (Å²) < 4.78 is 23.5. The number of rotatable bonds is 9. The van der Waals surface area contributed by atoms with E-state index in [1.54, 1.807) is 0 Å². The molecule has 5 heteroatoms. The van der Waals surface area contributed by atoms with E-state index in [-0.39, 0.29) is 0 Å². The molecule has 0 radical (unpaired) electrons. The van der Waals surface area contributed by atoms with Crippen molar-refractivity contribution in [2.24, 2.45) is 0 Å². The Bertz CT molecular complexity index is 554. The molecule has 0 bridgehead atoms. The highest BCUT2D eigenvalue weighted by atomic mass is 28.4. The van der Waals surface area contributed by atoms with Crippen molar-refractivity contribution in [3.8, 4) is 11.5 Å². The highest BCUT2D eigenvalue weighted by Crippen LogP contribution is 2.21. The Kier molecular flexibility index (Phi) is 6.79. The fourth-order valence-electron chi connectivity index (χ4n) is 2.30. The first-order valence-corrected chi connectivity index (χ1v) is 9.71. The van der Waals surface area contributed by atoms with E-state index in [0.29, 0.717) is 19.8 Å². The zero-order valence-electron chi connectivity index (χ0n) is 14.0. The van der Waals surface area contributed by atoms with Crippen LogP contribution in [0.15, 0.2) is 54.6 Å². The normalized spacial score (nSPS) is 11.4. The molecular weight excluding hydrogens is 308 g/mol. The summed E-state index contributed by atoms with van der Waals surface area (Å²) in [6.07, 6.45) is 0. The third-order valence-electron chi connectivity index (χ3n) is 3.19. The first-order valence-electron chi connectivity index (χ1n) is 7.99. The summed E-state index contributed by atoms with van der Waals surface area (Å²) in [4.78, 5) is 0. The smallest absolute Gasteiger partial charge is 0.457 e. The first kappa shape index (κ1) is 17.7. The molecule has 0 unspecified atom stereocenters. The predicted molar refractivity (Wildman–Crippen MR) is 93.2 cm³/mol. The van der Waals surface area contributed by atoms with E-state index in [1.165, 1.54) is 0 Å². The van der Waals surface area contributed by atoms with Crippen molar-refractivity contribution < 1.29 is 18.0 Å². The Morgan fingerprint density at radius 3 is 1.61 bits per heavy atom. The van der Waals surface area contributed by atoms with Crippen molar-refractivity contribution in [3.05, 3.63) is 54.6 Å². The summed E-state index contributed by atoms with van der Waals surface area (Å²) >= 11 is 0.